The first-order valence-electron chi connectivity index (χ1n) is 18.2. The Bertz CT molecular complexity index is 2060. The van der Waals surface area contributed by atoms with Gasteiger partial charge in [-0.3, -0.25) is 9.59 Å². The third-order valence-corrected chi connectivity index (χ3v) is 9.88. The summed E-state index contributed by atoms with van der Waals surface area (Å²) in [6.45, 7) is 22.5. The lowest BCUT2D eigenvalue weighted by molar-refractivity contribution is -0.139. The zero-order chi connectivity index (χ0) is 44.1. The standard InChI is InChI=1S/C44H46Cl2F6N4O2/c1-39(2,3)29-13-23(14-30(37(29)57)40(4,5)6)21-53-55-35-19-27(43(47,48)49)25(17-33(35)45)26-18-34(46)36(20-28(26)44(50,51)52)56-54-22-24-15-31(41(7,8)9)38(58)32(16-24)42(10,11)12/h13-22H,1-12H3. The molecule has 0 amide bonds. The van der Waals surface area contributed by atoms with Crippen molar-refractivity contribution >= 4 is 46.1 Å². The second-order valence-corrected chi connectivity index (χ2v) is 19.1. The Kier molecular flexibility index (Phi) is 12.7. The van der Waals surface area contributed by atoms with Gasteiger partial charge >= 0.3 is 12.4 Å². The van der Waals surface area contributed by atoms with Crippen LogP contribution < -0.4 is 0 Å². The van der Waals surface area contributed by atoms with Crippen molar-refractivity contribution in [3.63, 3.8) is 0 Å². The van der Waals surface area contributed by atoms with Crippen molar-refractivity contribution in [1.82, 2.24) is 0 Å². The monoisotopic (exact) mass is 846 g/mol. The molecule has 0 N–H and O–H groups in total. The summed E-state index contributed by atoms with van der Waals surface area (Å²) in [7, 11) is 0. The van der Waals surface area contributed by atoms with Crippen LogP contribution >= 0.6 is 23.2 Å². The van der Waals surface area contributed by atoms with Crippen molar-refractivity contribution in [2.24, 2.45) is 42.1 Å². The lowest BCUT2D eigenvalue weighted by Crippen LogP contribution is -2.27. The molecule has 0 fully saturated rings. The maximum Gasteiger partial charge on any atom is 0.417 e. The van der Waals surface area contributed by atoms with E-state index in [1.165, 1.54) is 12.4 Å². The van der Waals surface area contributed by atoms with Crippen molar-refractivity contribution in [2.75, 3.05) is 0 Å². The van der Waals surface area contributed by atoms with Crippen molar-refractivity contribution in [3.8, 4) is 11.1 Å². The molecule has 4 rings (SSSR count). The van der Waals surface area contributed by atoms with Crippen LogP contribution in [0.4, 0.5) is 37.7 Å². The van der Waals surface area contributed by atoms with Gasteiger partial charge in [0.25, 0.3) is 0 Å². The fourth-order valence-corrected chi connectivity index (χ4v) is 6.59. The van der Waals surface area contributed by atoms with Crippen LogP contribution in [0, 0.1) is 21.7 Å². The van der Waals surface area contributed by atoms with Gasteiger partial charge in [0, 0.05) is 22.3 Å². The summed E-state index contributed by atoms with van der Waals surface area (Å²) in [6, 6.07) is 2.49. The minimum absolute atomic E-state index is 0.133. The van der Waals surface area contributed by atoms with Crippen LogP contribution in [0.2, 0.25) is 10.0 Å². The van der Waals surface area contributed by atoms with E-state index in [-0.39, 0.29) is 11.6 Å². The van der Waals surface area contributed by atoms with E-state index >= 15 is 0 Å². The maximum absolute atomic E-state index is 14.6. The molecule has 0 spiro atoms. The number of carbonyl (C=O) groups excluding carboxylic acids is 2. The molecule has 0 heterocycles. The third-order valence-electron chi connectivity index (χ3n) is 9.27. The number of rotatable bonds is 5. The summed E-state index contributed by atoms with van der Waals surface area (Å²) in [4.78, 5) is 26.5. The number of hydrogen-bond acceptors (Lipinski definition) is 6. The van der Waals surface area contributed by atoms with Gasteiger partial charge in [-0.1, -0.05) is 106 Å². The van der Waals surface area contributed by atoms with E-state index < -0.39 is 77.7 Å². The molecular formula is C44H46Cl2F6N4O2. The molecule has 0 bridgehead atoms. The molecule has 2 aromatic rings. The molecule has 2 aliphatic rings. The Morgan fingerprint density at radius 2 is 0.724 bits per heavy atom. The number of halogens is 8. The van der Waals surface area contributed by atoms with Crippen molar-refractivity contribution < 1.29 is 35.9 Å². The molecule has 0 unspecified atom stereocenters. The fraction of sp³-hybridized carbons (Fsp3) is 0.409. The summed E-state index contributed by atoms with van der Waals surface area (Å²) >= 11 is 12.8. The van der Waals surface area contributed by atoms with Gasteiger partial charge in [-0.05, 0) is 92.5 Å². The first-order chi connectivity index (χ1) is 26.2. The van der Waals surface area contributed by atoms with Gasteiger partial charge in [0.05, 0.1) is 33.6 Å². The number of hydrogen-bond donors (Lipinski definition) is 0. The number of Topliss-reactive ketones (excluding diaryl/α,β-unsaturated/α-hetero) is 2. The highest BCUT2D eigenvalue weighted by molar-refractivity contribution is 6.34. The van der Waals surface area contributed by atoms with Gasteiger partial charge in [0.1, 0.15) is 11.4 Å². The van der Waals surface area contributed by atoms with Crippen LogP contribution in [0.25, 0.3) is 11.1 Å². The third kappa shape index (κ3) is 10.6. The summed E-state index contributed by atoms with van der Waals surface area (Å²) in [5, 5.41) is 14.8. The molecule has 0 saturated carbocycles. The Labute approximate surface area is 345 Å². The van der Waals surface area contributed by atoms with Crippen molar-refractivity contribution in [1.29, 1.82) is 0 Å². The number of nitrogens with zero attached hydrogens (tertiary/aromatic N) is 4. The van der Waals surface area contributed by atoms with Crippen LogP contribution in [-0.2, 0) is 21.9 Å². The van der Waals surface area contributed by atoms with Crippen molar-refractivity contribution in [3.05, 3.63) is 116 Å². The minimum atomic E-state index is -5.17. The number of allylic oxidation sites excluding steroid dienone is 10. The Balaban J connectivity index is 1.82. The topological polar surface area (TPSA) is 83.6 Å². The van der Waals surface area contributed by atoms with Crippen LogP contribution in [0.3, 0.4) is 0 Å². The lowest BCUT2D eigenvalue weighted by Gasteiger charge is -2.31. The van der Waals surface area contributed by atoms with Gasteiger partial charge in [0.2, 0.25) is 0 Å². The molecule has 14 heteroatoms. The maximum atomic E-state index is 14.6. The van der Waals surface area contributed by atoms with Crippen LogP contribution in [0.1, 0.15) is 94.2 Å². The highest BCUT2D eigenvalue weighted by Crippen LogP contribution is 2.49. The van der Waals surface area contributed by atoms with E-state index in [0.29, 0.717) is 45.6 Å². The Morgan fingerprint density at radius 1 is 0.466 bits per heavy atom. The van der Waals surface area contributed by atoms with E-state index in [1.807, 2.05) is 83.1 Å². The van der Waals surface area contributed by atoms with Gasteiger partial charge in [0.15, 0.2) is 11.6 Å². The first kappa shape index (κ1) is 46.3. The molecule has 0 radical (unpaired) electrons. The van der Waals surface area contributed by atoms with E-state index in [0.717, 1.165) is 12.1 Å². The Hall–Kier alpha value is -4.42. The molecule has 2 aliphatic carbocycles. The zero-order valence-corrected chi connectivity index (χ0v) is 35.9. The van der Waals surface area contributed by atoms with Gasteiger partial charge < -0.3 is 0 Å². The second-order valence-electron chi connectivity index (χ2n) is 18.3. The van der Waals surface area contributed by atoms with Gasteiger partial charge in [-0.25, -0.2) is 0 Å². The van der Waals surface area contributed by atoms with E-state index in [2.05, 4.69) is 20.5 Å². The number of carbonyl (C=O) groups is 2. The minimum Gasteiger partial charge on any atom is -0.289 e. The van der Waals surface area contributed by atoms with Crippen LogP contribution in [-0.4, -0.2) is 11.6 Å². The molecule has 310 valence electrons. The van der Waals surface area contributed by atoms with E-state index in [1.54, 1.807) is 24.3 Å². The molecule has 0 atom stereocenters. The second kappa shape index (κ2) is 16.0. The van der Waals surface area contributed by atoms with E-state index in [4.69, 9.17) is 23.2 Å². The number of azo groups is 2. The largest absolute Gasteiger partial charge is 0.417 e. The SMILES string of the molecule is CC(C)(C)C1=CC(=CN=Nc2cc(C(F)(F)F)c(-c3cc(Cl)c(N=NC=C4C=C(C(C)(C)C)C(=O)C(C(C)(C)C)=C4)cc3C(F)(F)F)cc2Cl)C=C(C(C)(C)C)C1=O. The smallest absolute Gasteiger partial charge is 0.289 e. The van der Waals surface area contributed by atoms with E-state index in [9.17, 15) is 35.9 Å². The summed E-state index contributed by atoms with van der Waals surface area (Å²) in [5.74, 6) is -0.265. The van der Waals surface area contributed by atoms with Gasteiger partial charge in [-0.15, -0.1) is 10.2 Å². The highest BCUT2D eigenvalue weighted by atomic mass is 35.5. The molecule has 0 aromatic heterocycles. The first-order valence-corrected chi connectivity index (χ1v) is 19.0. The predicted molar refractivity (Wildman–Crippen MR) is 217 cm³/mol. The molecule has 58 heavy (non-hydrogen) atoms. The molecule has 0 saturated heterocycles. The average Bonchev–Trinajstić information content (AvgIpc) is 3.04. The lowest BCUT2D eigenvalue weighted by atomic mass is 9.72. The quantitative estimate of drug-likeness (QED) is 0.222. The summed E-state index contributed by atoms with van der Waals surface area (Å²) < 4.78 is 87.7. The average molecular weight is 848 g/mol. The van der Waals surface area contributed by atoms with Crippen LogP contribution in [0.5, 0.6) is 0 Å². The number of benzene rings is 2. The Morgan fingerprint density at radius 3 is 0.948 bits per heavy atom. The highest BCUT2D eigenvalue weighted by Gasteiger charge is 2.40. The summed E-state index contributed by atoms with van der Waals surface area (Å²) in [5.41, 5.74) is -4.84. The zero-order valence-electron chi connectivity index (χ0n) is 34.4. The molecule has 2 aromatic carbocycles. The van der Waals surface area contributed by atoms with Crippen molar-refractivity contribution in [2.45, 2.75) is 95.4 Å². The van der Waals surface area contributed by atoms with Gasteiger partial charge in [-0.2, -0.15) is 36.6 Å². The molecular weight excluding hydrogens is 801 g/mol. The molecule has 0 aliphatic heterocycles. The summed E-state index contributed by atoms with van der Waals surface area (Å²) in [6.07, 6.45) is -1.29. The van der Waals surface area contributed by atoms with Crippen LogP contribution in [0.15, 0.2) is 115 Å². The normalized spacial score (nSPS) is 16.6. The fourth-order valence-electron chi connectivity index (χ4n) is 6.19. The predicted octanol–water partition coefficient (Wildman–Crippen LogP) is 15.7. The molecule has 6 nitrogen and oxygen atoms in total. The number of ketones is 2. The number of alkyl halides is 6.